The summed E-state index contributed by atoms with van der Waals surface area (Å²) in [4.78, 5) is 2.64. The molecular weight excluding hydrogens is 404 g/mol. The lowest BCUT2D eigenvalue weighted by Crippen LogP contribution is -3.00. The molecule has 5 aliphatic heterocycles. The van der Waals surface area contributed by atoms with E-state index in [9.17, 15) is 0 Å². The van der Waals surface area contributed by atoms with Gasteiger partial charge in [-0.15, -0.1) is 0 Å². The predicted octanol–water partition coefficient (Wildman–Crippen LogP) is 0.488. The van der Waals surface area contributed by atoms with E-state index >= 15 is 0 Å². The third-order valence-electron chi connectivity index (χ3n) is 8.15. The van der Waals surface area contributed by atoms with E-state index in [4.69, 9.17) is 4.74 Å². The van der Waals surface area contributed by atoms with Crippen LogP contribution in [0.1, 0.15) is 66.8 Å². The fraction of sp³-hybridized carbons (Fsp3) is 0.519. The zero-order valence-corrected chi connectivity index (χ0v) is 19.3. The molecule has 162 valence electrons. The van der Waals surface area contributed by atoms with E-state index in [0.717, 1.165) is 6.42 Å². The van der Waals surface area contributed by atoms with Crippen LogP contribution in [0.3, 0.4) is 0 Å². The van der Waals surface area contributed by atoms with Gasteiger partial charge >= 0.3 is 0 Å². The summed E-state index contributed by atoms with van der Waals surface area (Å²) in [5.74, 6) is 2.41. The highest BCUT2D eigenvalue weighted by Gasteiger charge is 2.34. The summed E-state index contributed by atoms with van der Waals surface area (Å²) in [6.07, 6.45) is 10.9. The normalized spacial score (nSPS) is 20.1. The van der Waals surface area contributed by atoms with Crippen LogP contribution in [0.15, 0.2) is 12.1 Å². The number of anilines is 1. The van der Waals surface area contributed by atoms with Crippen molar-refractivity contribution in [3.8, 4) is 11.5 Å². The number of nitrogens with zero attached hydrogens (tertiary/aromatic N) is 2. The molecule has 0 bridgehead atoms. The second-order valence-corrected chi connectivity index (χ2v) is 9.80. The molecule has 31 heavy (non-hydrogen) atoms. The number of halogens is 1. The quantitative estimate of drug-likeness (QED) is 0.607. The van der Waals surface area contributed by atoms with Crippen LogP contribution in [0.4, 0.5) is 5.69 Å². The first kappa shape index (κ1) is 19.7. The van der Waals surface area contributed by atoms with E-state index < -0.39 is 0 Å². The van der Waals surface area contributed by atoms with Crippen molar-refractivity contribution in [1.29, 1.82) is 0 Å². The van der Waals surface area contributed by atoms with Crippen molar-refractivity contribution in [2.45, 2.75) is 64.7 Å². The Morgan fingerprint density at radius 3 is 2.45 bits per heavy atom. The van der Waals surface area contributed by atoms with Crippen LogP contribution in [0.25, 0.3) is 5.57 Å². The zero-order valence-electron chi connectivity index (χ0n) is 18.5. The Balaban J connectivity index is 0.00000185. The standard InChI is InChI=1S/C27H31N2O.ClH/c1-2-19-22-15-17-7-3-11-28-13-5-9-20(24(17)28)26(22)30-27-21-10-6-14-29-12-4-8-18(25(21)29)16-23(19)27;/h15-16H,2-14H2,1H3;1H/q+1;/p-1. The maximum Gasteiger partial charge on any atom is 0.210 e. The molecule has 3 nitrogen and oxygen atoms in total. The molecule has 0 aromatic heterocycles. The summed E-state index contributed by atoms with van der Waals surface area (Å²) in [5.41, 5.74) is 10.6. The van der Waals surface area contributed by atoms with Crippen LogP contribution in [0.2, 0.25) is 0 Å². The molecule has 7 rings (SSSR count). The van der Waals surface area contributed by atoms with E-state index in [-0.39, 0.29) is 12.4 Å². The largest absolute Gasteiger partial charge is 1.00 e. The van der Waals surface area contributed by atoms with Gasteiger partial charge in [-0.25, -0.2) is 4.58 Å². The molecule has 0 saturated carbocycles. The molecule has 0 radical (unpaired) electrons. The average Bonchev–Trinajstić information content (AvgIpc) is 2.79. The summed E-state index contributed by atoms with van der Waals surface area (Å²) >= 11 is 0. The van der Waals surface area contributed by atoms with Gasteiger partial charge in [0.1, 0.15) is 24.6 Å². The molecule has 2 aromatic carbocycles. The number of rotatable bonds is 1. The zero-order chi connectivity index (χ0) is 19.8. The third kappa shape index (κ3) is 2.68. The van der Waals surface area contributed by atoms with Gasteiger partial charge in [0.15, 0.2) is 0 Å². The van der Waals surface area contributed by atoms with Crippen molar-refractivity contribution in [2.75, 3.05) is 31.1 Å². The van der Waals surface area contributed by atoms with E-state index in [0.29, 0.717) is 0 Å². The molecule has 0 atom stereocenters. The Bertz CT molecular complexity index is 1220. The van der Waals surface area contributed by atoms with Crippen molar-refractivity contribution in [1.82, 2.24) is 4.58 Å². The smallest absolute Gasteiger partial charge is 0.210 e. The first-order valence-corrected chi connectivity index (χ1v) is 12.2. The Hall–Kier alpha value is -2.00. The summed E-state index contributed by atoms with van der Waals surface area (Å²) in [5, 5.41) is 2.93. The minimum Gasteiger partial charge on any atom is -1.00 e. The van der Waals surface area contributed by atoms with Gasteiger partial charge in [-0.1, -0.05) is 6.92 Å². The van der Waals surface area contributed by atoms with E-state index in [1.165, 1.54) is 128 Å². The number of fused-ring (bicyclic) bond motifs is 4. The molecule has 5 aliphatic rings. The first-order chi connectivity index (χ1) is 14.8. The molecule has 0 amide bonds. The Morgan fingerprint density at radius 2 is 1.61 bits per heavy atom. The van der Waals surface area contributed by atoms with Crippen molar-refractivity contribution in [2.24, 2.45) is 0 Å². The SMILES string of the molecule is CCC1=c2cc3c4c(c2Oc2c1cc1c5c2CCCN5CCC1)CCC[N+]=4CCC3.[Cl-]. The number of benzene rings is 2. The topological polar surface area (TPSA) is 15.5 Å². The Labute approximate surface area is 190 Å². The maximum atomic E-state index is 6.98. The van der Waals surface area contributed by atoms with Crippen LogP contribution in [0, 0.1) is 0 Å². The van der Waals surface area contributed by atoms with Gasteiger partial charge in [0, 0.05) is 53.5 Å². The van der Waals surface area contributed by atoms with Gasteiger partial charge in [-0.3, -0.25) is 0 Å². The number of hydrogen-bond acceptors (Lipinski definition) is 2. The summed E-state index contributed by atoms with van der Waals surface area (Å²) in [6, 6.07) is 5.01. The van der Waals surface area contributed by atoms with E-state index in [2.05, 4.69) is 28.5 Å². The van der Waals surface area contributed by atoms with Crippen molar-refractivity contribution < 1.29 is 17.1 Å². The van der Waals surface area contributed by atoms with Crippen LogP contribution in [0.5, 0.6) is 11.5 Å². The maximum absolute atomic E-state index is 6.98. The molecule has 4 heteroatoms. The lowest BCUT2D eigenvalue weighted by molar-refractivity contribution is -0.00000640. The third-order valence-corrected chi connectivity index (χ3v) is 8.15. The highest BCUT2D eigenvalue weighted by molar-refractivity contribution is 5.82. The van der Waals surface area contributed by atoms with Crippen molar-refractivity contribution in [3.05, 3.63) is 50.5 Å². The van der Waals surface area contributed by atoms with Gasteiger partial charge in [0.25, 0.3) is 0 Å². The molecule has 0 spiro atoms. The predicted molar refractivity (Wildman–Crippen MR) is 121 cm³/mol. The Morgan fingerprint density at radius 1 is 0.871 bits per heavy atom. The summed E-state index contributed by atoms with van der Waals surface area (Å²) < 4.78 is 9.62. The molecule has 0 fully saturated rings. The highest BCUT2D eigenvalue weighted by atomic mass is 35.5. The van der Waals surface area contributed by atoms with E-state index in [1.807, 2.05) is 0 Å². The molecule has 0 N–H and O–H groups in total. The highest BCUT2D eigenvalue weighted by Crippen LogP contribution is 2.47. The first-order valence-electron chi connectivity index (χ1n) is 12.2. The van der Waals surface area contributed by atoms with E-state index in [1.54, 1.807) is 11.1 Å². The summed E-state index contributed by atoms with van der Waals surface area (Å²) in [6.45, 7) is 7.20. The van der Waals surface area contributed by atoms with Crippen LogP contribution in [-0.2, 0) is 25.7 Å². The molecule has 5 heterocycles. The van der Waals surface area contributed by atoms with Crippen LogP contribution in [-0.4, -0.2) is 26.2 Å². The van der Waals surface area contributed by atoms with Crippen molar-refractivity contribution >= 4 is 11.3 Å². The van der Waals surface area contributed by atoms with Gasteiger partial charge in [0.05, 0.1) is 5.56 Å². The number of ether oxygens (including phenoxy) is 1. The monoisotopic (exact) mass is 434 g/mol. The molecule has 0 unspecified atom stereocenters. The second-order valence-electron chi connectivity index (χ2n) is 9.80. The van der Waals surface area contributed by atoms with Crippen molar-refractivity contribution in [3.63, 3.8) is 0 Å². The molecule has 0 saturated heterocycles. The van der Waals surface area contributed by atoms with Gasteiger partial charge in [-0.2, -0.15) is 0 Å². The fourth-order valence-corrected chi connectivity index (χ4v) is 6.97. The number of hydrogen-bond donors (Lipinski definition) is 0. The van der Waals surface area contributed by atoms with Gasteiger partial charge < -0.3 is 22.0 Å². The molecule has 0 aliphatic carbocycles. The second kappa shape index (κ2) is 7.27. The number of aryl methyl sites for hydroxylation is 2. The summed E-state index contributed by atoms with van der Waals surface area (Å²) in [7, 11) is 0. The average molecular weight is 435 g/mol. The molecular formula is C27H31ClN2O. The van der Waals surface area contributed by atoms with Crippen LogP contribution >= 0.6 is 0 Å². The van der Waals surface area contributed by atoms with Crippen LogP contribution < -0.4 is 37.2 Å². The minimum atomic E-state index is 0. The fourth-order valence-electron chi connectivity index (χ4n) is 6.97. The lowest BCUT2D eigenvalue weighted by Gasteiger charge is -2.39. The minimum absolute atomic E-state index is 0. The van der Waals surface area contributed by atoms with Gasteiger partial charge in [0.2, 0.25) is 5.36 Å². The molecule has 2 aromatic rings. The van der Waals surface area contributed by atoms with Gasteiger partial charge in [-0.05, 0) is 68.2 Å². The Kier molecular flexibility index (Phi) is 4.61. The lowest BCUT2D eigenvalue weighted by atomic mass is 9.84.